The molecule has 124 valence electrons. The van der Waals surface area contributed by atoms with Crippen LogP contribution in [0.25, 0.3) is 0 Å². The Bertz CT molecular complexity index is 403. The molecule has 0 aromatic heterocycles. The molecule has 0 heterocycles. The molecule has 4 N–H and O–H groups in total. The van der Waals surface area contributed by atoms with Gasteiger partial charge in [0.1, 0.15) is 0 Å². The van der Waals surface area contributed by atoms with Crippen LogP contribution in [0.1, 0.15) is 20.3 Å². The molecule has 21 heavy (non-hydrogen) atoms. The van der Waals surface area contributed by atoms with Crippen LogP contribution in [-0.2, 0) is 14.4 Å². The summed E-state index contributed by atoms with van der Waals surface area (Å²) in [6, 6.07) is -0.391. The number of aliphatic hydroxyl groups excluding tert-OH is 4. The molecule has 0 amide bonds. The van der Waals surface area contributed by atoms with Crippen molar-refractivity contribution in [1.82, 2.24) is 4.90 Å². The van der Waals surface area contributed by atoms with Gasteiger partial charge in [-0.3, -0.25) is 0 Å². The normalized spacial score (nSPS) is 16.8. The van der Waals surface area contributed by atoms with Gasteiger partial charge in [-0.15, -0.1) is 0 Å². The SMILES string of the molecule is CC(C)CC(CO)N(CCO)CC(O)C(O)S(=O)(=O)B=O. The average molecular weight is 325 g/mol. The van der Waals surface area contributed by atoms with Crippen molar-refractivity contribution in [3.63, 3.8) is 0 Å². The predicted molar refractivity (Wildman–Crippen MR) is 76.4 cm³/mol. The van der Waals surface area contributed by atoms with Gasteiger partial charge in [0.15, 0.2) is 0 Å². The van der Waals surface area contributed by atoms with Crippen LogP contribution in [0.3, 0.4) is 0 Å². The molecule has 10 heteroatoms. The Hall–Kier alpha value is -0.385. The van der Waals surface area contributed by atoms with Crippen molar-refractivity contribution in [3.8, 4) is 0 Å². The van der Waals surface area contributed by atoms with E-state index in [9.17, 15) is 28.4 Å². The molecule has 0 saturated heterocycles. The number of rotatable bonds is 11. The summed E-state index contributed by atoms with van der Waals surface area (Å²) in [5, 5.41) is 37.7. The van der Waals surface area contributed by atoms with E-state index in [0.29, 0.717) is 6.42 Å². The standard InChI is InChI=1S/C11H24BNO7S/c1-8(2)5-9(7-15)13(3-4-14)6-10(16)11(17)21(19,20)12-18/h8-11,14-17H,3-7H2,1-2H3. The van der Waals surface area contributed by atoms with E-state index in [1.54, 1.807) is 0 Å². The molecule has 0 aromatic carbocycles. The first kappa shape index (κ1) is 20.6. The van der Waals surface area contributed by atoms with Gasteiger partial charge in [-0.05, 0) is 0 Å². The van der Waals surface area contributed by atoms with E-state index in [0.717, 1.165) is 0 Å². The maximum absolute atomic E-state index is 11.2. The number of nitrogens with zero attached hydrogens (tertiary/aromatic N) is 1. The zero-order valence-electron chi connectivity index (χ0n) is 12.3. The molecule has 0 radical (unpaired) electrons. The van der Waals surface area contributed by atoms with Crippen LogP contribution in [0.15, 0.2) is 0 Å². The summed E-state index contributed by atoms with van der Waals surface area (Å²) < 4.78 is 32.8. The summed E-state index contributed by atoms with van der Waals surface area (Å²) >= 11 is 0. The van der Waals surface area contributed by atoms with Gasteiger partial charge in [-0.2, -0.15) is 0 Å². The number of aliphatic hydroxyl groups is 4. The zero-order chi connectivity index (χ0) is 16.6. The third-order valence-electron chi connectivity index (χ3n) is 3.08. The molecule has 0 aliphatic heterocycles. The van der Waals surface area contributed by atoms with Crippen LogP contribution < -0.4 is 0 Å². The van der Waals surface area contributed by atoms with Crippen molar-refractivity contribution in [1.29, 1.82) is 0 Å². The summed E-state index contributed by atoms with van der Waals surface area (Å²) in [4.78, 5) is 1.49. The van der Waals surface area contributed by atoms with Gasteiger partial charge in [-0.25, -0.2) is 0 Å². The Labute approximate surface area is 125 Å². The molecule has 0 aliphatic rings. The van der Waals surface area contributed by atoms with Gasteiger partial charge < -0.3 is 0 Å². The predicted octanol–water partition coefficient (Wildman–Crippen LogP) is -2.25. The molecule has 0 rings (SSSR count). The summed E-state index contributed by atoms with van der Waals surface area (Å²) in [5.74, 6) is 0.240. The second-order valence-electron chi connectivity index (χ2n) is 5.33. The third kappa shape index (κ3) is 6.94. The first-order chi connectivity index (χ1) is 9.69. The molecule has 3 atom stereocenters. The van der Waals surface area contributed by atoms with E-state index in [2.05, 4.69) is 0 Å². The topological polar surface area (TPSA) is 135 Å². The van der Waals surface area contributed by atoms with Gasteiger partial charge >= 0.3 is 125 Å². The van der Waals surface area contributed by atoms with E-state index in [4.69, 9.17) is 5.11 Å². The van der Waals surface area contributed by atoms with Crippen molar-refractivity contribution in [2.75, 3.05) is 26.3 Å². The maximum atomic E-state index is 11.2. The van der Waals surface area contributed by atoms with Crippen molar-refractivity contribution in [2.24, 2.45) is 5.92 Å². The Morgan fingerprint density at radius 3 is 2.14 bits per heavy atom. The second-order valence-corrected chi connectivity index (χ2v) is 7.18. The number of hydrogen-bond donors (Lipinski definition) is 4. The summed E-state index contributed by atoms with van der Waals surface area (Å²) in [7, 11) is -4.44. The molecule has 0 aliphatic carbocycles. The molecule has 0 bridgehead atoms. The molecule has 0 spiro atoms. The fraction of sp³-hybridized carbons (Fsp3) is 1.00. The Morgan fingerprint density at radius 1 is 1.19 bits per heavy atom. The van der Waals surface area contributed by atoms with Gasteiger partial charge in [0, 0.05) is 0 Å². The zero-order valence-corrected chi connectivity index (χ0v) is 13.1. The van der Waals surface area contributed by atoms with E-state index < -0.39 is 33.7 Å². The van der Waals surface area contributed by atoms with Gasteiger partial charge in [0.2, 0.25) is 0 Å². The van der Waals surface area contributed by atoms with Gasteiger partial charge in [0.05, 0.1) is 0 Å². The quantitative estimate of drug-likeness (QED) is 0.313. The third-order valence-corrected chi connectivity index (χ3v) is 4.33. The average Bonchev–Trinajstić information content (AvgIpc) is 2.43. The fourth-order valence-corrected chi connectivity index (χ4v) is 2.68. The molecular weight excluding hydrogens is 301 g/mol. The summed E-state index contributed by atoms with van der Waals surface area (Å²) in [5.41, 5.74) is -2.23. The second kappa shape index (κ2) is 9.60. The molecule has 3 unspecified atom stereocenters. The summed E-state index contributed by atoms with van der Waals surface area (Å²) in [6.45, 7) is 3.19. The van der Waals surface area contributed by atoms with E-state index in [1.165, 1.54) is 4.90 Å². The van der Waals surface area contributed by atoms with E-state index >= 15 is 0 Å². The minimum absolute atomic E-state index is 0.100. The van der Waals surface area contributed by atoms with E-state index in [-0.39, 0.29) is 32.2 Å². The fourth-order valence-electron chi connectivity index (χ4n) is 2.04. The molecule has 0 saturated carbocycles. The Morgan fingerprint density at radius 2 is 1.76 bits per heavy atom. The van der Waals surface area contributed by atoms with Crippen LogP contribution in [0, 0.1) is 5.92 Å². The Kier molecular flexibility index (Phi) is 9.42. The van der Waals surface area contributed by atoms with Crippen LogP contribution in [0.2, 0.25) is 0 Å². The number of hydrogen-bond acceptors (Lipinski definition) is 8. The van der Waals surface area contributed by atoms with E-state index in [1.807, 2.05) is 13.8 Å². The van der Waals surface area contributed by atoms with Crippen molar-refractivity contribution in [3.05, 3.63) is 0 Å². The molecule has 0 fully saturated rings. The van der Waals surface area contributed by atoms with Crippen LogP contribution in [-0.4, -0.2) is 84.1 Å². The Balaban J connectivity index is 4.94. The molecular formula is C11H24BNO7S. The van der Waals surface area contributed by atoms with Gasteiger partial charge in [0.25, 0.3) is 0 Å². The first-order valence-electron chi connectivity index (χ1n) is 6.70. The molecule has 8 nitrogen and oxygen atoms in total. The van der Waals surface area contributed by atoms with Crippen molar-refractivity contribution >= 4 is 16.1 Å². The van der Waals surface area contributed by atoms with Crippen LogP contribution in [0.4, 0.5) is 0 Å². The van der Waals surface area contributed by atoms with Crippen LogP contribution >= 0.6 is 0 Å². The van der Waals surface area contributed by atoms with Crippen molar-refractivity contribution in [2.45, 2.75) is 37.9 Å². The van der Waals surface area contributed by atoms with Gasteiger partial charge in [-0.1, -0.05) is 0 Å². The first-order valence-corrected chi connectivity index (χ1v) is 8.31. The van der Waals surface area contributed by atoms with Crippen LogP contribution in [0.5, 0.6) is 0 Å². The minimum atomic E-state index is -4.44. The van der Waals surface area contributed by atoms with Crippen molar-refractivity contribution < 1.29 is 33.5 Å². The summed E-state index contributed by atoms with van der Waals surface area (Å²) in [6.07, 6.45) is -1.55. The molecule has 0 aromatic rings. The monoisotopic (exact) mass is 325 g/mol.